The molecule has 112 valence electrons. The Morgan fingerprint density at radius 3 is 2.57 bits per heavy atom. The summed E-state index contributed by atoms with van der Waals surface area (Å²) in [4.78, 5) is 11.9. The normalized spacial score (nSPS) is 11.5. The zero-order valence-electron chi connectivity index (χ0n) is 11.1. The number of anilines is 1. The van der Waals surface area contributed by atoms with Crippen molar-refractivity contribution >= 4 is 11.6 Å². The second-order valence-corrected chi connectivity index (χ2v) is 4.48. The molecule has 1 heterocycles. The van der Waals surface area contributed by atoms with Gasteiger partial charge in [0.15, 0.2) is 5.69 Å². The Morgan fingerprint density at radius 1 is 1.33 bits per heavy atom. The van der Waals surface area contributed by atoms with Gasteiger partial charge in [-0.25, -0.2) is 4.39 Å². The van der Waals surface area contributed by atoms with Crippen LogP contribution in [-0.2, 0) is 13.2 Å². The second kappa shape index (κ2) is 5.19. The number of carbonyl (C=O) groups excluding carboxylic acids is 1. The second-order valence-electron chi connectivity index (χ2n) is 4.48. The summed E-state index contributed by atoms with van der Waals surface area (Å²) in [6, 6.07) is 3.72. The molecule has 0 spiro atoms. The highest BCUT2D eigenvalue weighted by Gasteiger charge is 2.38. The number of nitrogens with one attached hydrogen (secondary N) is 1. The van der Waals surface area contributed by atoms with E-state index in [4.69, 9.17) is 0 Å². The van der Waals surface area contributed by atoms with Crippen molar-refractivity contribution < 1.29 is 22.4 Å². The molecular weight excluding hydrogens is 290 g/mol. The quantitative estimate of drug-likeness (QED) is 0.866. The van der Waals surface area contributed by atoms with E-state index in [9.17, 15) is 22.4 Å². The van der Waals surface area contributed by atoms with E-state index in [1.807, 2.05) is 0 Å². The highest BCUT2D eigenvalue weighted by molar-refractivity contribution is 6.05. The summed E-state index contributed by atoms with van der Waals surface area (Å²) in [6.45, 7) is 1.48. The van der Waals surface area contributed by atoms with E-state index in [0.29, 0.717) is 0 Å². The number of alkyl halides is 3. The number of carbonyl (C=O) groups is 1. The van der Waals surface area contributed by atoms with Crippen LogP contribution in [0.2, 0.25) is 0 Å². The Hall–Kier alpha value is -2.38. The van der Waals surface area contributed by atoms with E-state index in [1.54, 1.807) is 0 Å². The molecule has 0 aliphatic rings. The van der Waals surface area contributed by atoms with Gasteiger partial charge in [-0.3, -0.25) is 9.48 Å². The molecule has 21 heavy (non-hydrogen) atoms. The minimum absolute atomic E-state index is 0.205. The van der Waals surface area contributed by atoms with E-state index in [-0.39, 0.29) is 11.3 Å². The first-order chi connectivity index (χ1) is 9.68. The summed E-state index contributed by atoms with van der Waals surface area (Å²) in [5, 5.41) is 5.54. The number of rotatable bonds is 2. The third-order valence-electron chi connectivity index (χ3n) is 2.76. The van der Waals surface area contributed by atoms with Crippen molar-refractivity contribution in [2.45, 2.75) is 13.1 Å². The lowest BCUT2D eigenvalue weighted by Crippen LogP contribution is -2.17. The van der Waals surface area contributed by atoms with Gasteiger partial charge in [-0.15, -0.1) is 0 Å². The van der Waals surface area contributed by atoms with Crippen LogP contribution in [0.25, 0.3) is 0 Å². The van der Waals surface area contributed by atoms with E-state index in [2.05, 4.69) is 10.4 Å². The maximum absolute atomic E-state index is 13.1. The fourth-order valence-corrected chi connectivity index (χ4v) is 1.78. The van der Waals surface area contributed by atoms with Crippen LogP contribution in [0, 0.1) is 12.7 Å². The molecule has 1 amide bonds. The van der Waals surface area contributed by atoms with Gasteiger partial charge < -0.3 is 5.32 Å². The van der Waals surface area contributed by atoms with Gasteiger partial charge in [0.05, 0.1) is 5.56 Å². The summed E-state index contributed by atoms with van der Waals surface area (Å²) in [6.07, 6.45) is -3.75. The van der Waals surface area contributed by atoms with Crippen molar-refractivity contribution in [3.8, 4) is 0 Å². The molecule has 0 saturated carbocycles. The van der Waals surface area contributed by atoms with Crippen LogP contribution >= 0.6 is 0 Å². The van der Waals surface area contributed by atoms with Crippen LogP contribution in [0.15, 0.2) is 24.4 Å². The largest absolute Gasteiger partial charge is 0.435 e. The summed E-state index contributed by atoms with van der Waals surface area (Å²) in [5.74, 6) is -1.42. The molecule has 1 aromatic carbocycles. The van der Waals surface area contributed by atoms with E-state index < -0.39 is 29.2 Å². The minimum atomic E-state index is -4.73. The standard InChI is InChI=1S/C13H11F4N3O/c1-7-5-8(3-4-10(7)14)18-12(21)9-6-20(2)19-11(9)13(15,16)17/h3-6H,1-2H3,(H,18,21). The van der Waals surface area contributed by atoms with Gasteiger partial charge in [-0.2, -0.15) is 18.3 Å². The zero-order chi connectivity index (χ0) is 15.8. The van der Waals surface area contributed by atoms with E-state index in [1.165, 1.54) is 26.1 Å². The Labute approximate surface area is 117 Å². The topological polar surface area (TPSA) is 46.9 Å². The number of benzene rings is 1. The molecule has 0 radical (unpaired) electrons. The number of hydrogen-bond acceptors (Lipinski definition) is 2. The van der Waals surface area contributed by atoms with Crippen molar-refractivity contribution in [1.82, 2.24) is 9.78 Å². The van der Waals surface area contributed by atoms with Gasteiger partial charge in [-0.1, -0.05) is 0 Å². The number of hydrogen-bond donors (Lipinski definition) is 1. The molecule has 0 saturated heterocycles. The molecule has 0 bridgehead atoms. The summed E-state index contributed by atoms with van der Waals surface area (Å²) >= 11 is 0. The predicted molar refractivity (Wildman–Crippen MR) is 67.3 cm³/mol. The molecule has 0 aliphatic carbocycles. The highest BCUT2D eigenvalue weighted by Crippen LogP contribution is 2.31. The maximum atomic E-state index is 13.1. The van der Waals surface area contributed by atoms with Crippen molar-refractivity contribution in [2.75, 3.05) is 5.32 Å². The molecule has 8 heteroatoms. The Morgan fingerprint density at radius 2 is 2.00 bits per heavy atom. The lowest BCUT2D eigenvalue weighted by molar-refractivity contribution is -0.141. The number of amides is 1. The Balaban J connectivity index is 2.30. The van der Waals surface area contributed by atoms with E-state index >= 15 is 0 Å². The Bertz CT molecular complexity index is 691. The third-order valence-corrected chi connectivity index (χ3v) is 2.76. The first-order valence-electron chi connectivity index (χ1n) is 5.87. The molecule has 2 rings (SSSR count). The summed E-state index contributed by atoms with van der Waals surface area (Å²) in [5.41, 5.74) is -1.38. The van der Waals surface area contributed by atoms with Crippen LogP contribution in [-0.4, -0.2) is 15.7 Å². The van der Waals surface area contributed by atoms with Crippen LogP contribution in [0.5, 0.6) is 0 Å². The summed E-state index contributed by atoms with van der Waals surface area (Å²) < 4.78 is 52.3. The average molecular weight is 301 g/mol. The van der Waals surface area contributed by atoms with Crippen molar-refractivity contribution in [1.29, 1.82) is 0 Å². The SMILES string of the molecule is Cc1cc(NC(=O)c2cn(C)nc2C(F)(F)F)ccc1F. The number of aromatic nitrogens is 2. The Kier molecular flexibility index (Phi) is 3.71. The molecule has 1 aromatic heterocycles. The zero-order valence-corrected chi connectivity index (χ0v) is 11.1. The smallest absolute Gasteiger partial charge is 0.322 e. The molecule has 4 nitrogen and oxygen atoms in total. The van der Waals surface area contributed by atoms with Crippen LogP contribution in [0.3, 0.4) is 0 Å². The van der Waals surface area contributed by atoms with Gasteiger partial charge in [0.25, 0.3) is 5.91 Å². The van der Waals surface area contributed by atoms with Gasteiger partial charge in [-0.05, 0) is 30.7 Å². The van der Waals surface area contributed by atoms with Crippen LogP contribution in [0.4, 0.5) is 23.2 Å². The van der Waals surface area contributed by atoms with E-state index in [0.717, 1.165) is 16.9 Å². The van der Waals surface area contributed by atoms with Gasteiger partial charge >= 0.3 is 6.18 Å². The van der Waals surface area contributed by atoms with Crippen LogP contribution in [0.1, 0.15) is 21.6 Å². The van der Waals surface area contributed by atoms with Crippen LogP contribution < -0.4 is 5.32 Å². The molecule has 0 aliphatic heterocycles. The monoisotopic (exact) mass is 301 g/mol. The predicted octanol–water partition coefficient (Wildman–Crippen LogP) is 3.14. The maximum Gasteiger partial charge on any atom is 0.435 e. The highest BCUT2D eigenvalue weighted by atomic mass is 19.4. The number of aryl methyl sites for hydroxylation is 2. The summed E-state index contributed by atoms with van der Waals surface area (Å²) in [7, 11) is 1.29. The fraction of sp³-hybridized carbons (Fsp3) is 0.231. The molecular formula is C13H11F4N3O. The number of halogens is 4. The fourth-order valence-electron chi connectivity index (χ4n) is 1.78. The lowest BCUT2D eigenvalue weighted by atomic mass is 10.2. The van der Waals surface area contributed by atoms with Gasteiger partial charge in [0.1, 0.15) is 5.82 Å². The van der Waals surface area contributed by atoms with Gasteiger partial charge in [0, 0.05) is 18.9 Å². The minimum Gasteiger partial charge on any atom is -0.322 e. The number of nitrogens with zero attached hydrogens (tertiary/aromatic N) is 2. The van der Waals surface area contributed by atoms with Crippen molar-refractivity contribution in [3.63, 3.8) is 0 Å². The first-order valence-corrected chi connectivity index (χ1v) is 5.87. The third kappa shape index (κ3) is 3.21. The molecule has 0 fully saturated rings. The molecule has 2 aromatic rings. The lowest BCUT2D eigenvalue weighted by Gasteiger charge is -2.08. The average Bonchev–Trinajstić information content (AvgIpc) is 2.76. The molecule has 0 unspecified atom stereocenters. The van der Waals surface area contributed by atoms with Gasteiger partial charge in [0.2, 0.25) is 0 Å². The molecule has 1 N–H and O–H groups in total. The first kappa shape index (κ1) is 15.0. The van der Waals surface area contributed by atoms with Crippen molar-refractivity contribution in [2.24, 2.45) is 7.05 Å². The molecule has 0 atom stereocenters. The van der Waals surface area contributed by atoms with Crippen molar-refractivity contribution in [3.05, 3.63) is 47.0 Å².